The molecule has 1 N–H and O–H groups in total. The van der Waals surface area contributed by atoms with Gasteiger partial charge in [0.25, 0.3) is 0 Å². The lowest BCUT2D eigenvalue weighted by molar-refractivity contribution is -0.138. The average Bonchev–Trinajstić information content (AvgIpc) is 2.30. The molecule has 0 atom stereocenters. The summed E-state index contributed by atoms with van der Waals surface area (Å²) in [6.45, 7) is 0.641. The quantitative estimate of drug-likeness (QED) is 0.686. The number of alkyl halides is 3. The van der Waals surface area contributed by atoms with Crippen LogP contribution in [0.25, 0.3) is 0 Å². The number of pyridine rings is 1. The Bertz CT molecular complexity index is 465. The van der Waals surface area contributed by atoms with Gasteiger partial charge in [0.15, 0.2) is 5.11 Å². The van der Waals surface area contributed by atoms with Gasteiger partial charge in [-0.25, -0.2) is 4.98 Å². The van der Waals surface area contributed by atoms with E-state index in [0.29, 0.717) is 16.3 Å². The Labute approximate surface area is 119 Å². The number of thiocarbonyl (C=S) groups is 1. The standard InChI is InChI=1S/C11H13ClF3N3S/c1-7-3-8(4-17-9(7)12)5-18(10(19)16-2)6-11(13,14)15/h3-4H,5-6H2,1-2H3,(H,16,19). The van der Waals surface area contributed by atoms with Crippen LogP contribution in [-0.2, 0) is 6.54 Å². The van der Waals surface area contributed by atoms with Crippen molar-refractivity contribution in [1.29, 1.82) is 0 Å². The molecule has 0 aliphatic carbocycles. The number of halogens is 4. The van der Waals surface area contributed by atoms with Crippen molar-refractivity contribution in [2.45, 2.75) is 19.6 Å². The maximum absolute atomic E-state index is 12.5. The fourth-order valence-corrected chi connectivity index (χ4v) is 1.73. The van der Waals surface area contributed by atoms with Gasteiger partial charge in [0.1, 0.15) is 11.7 Å². The number of nitrogens with one attached hydrogen (secondary N) is 1. The van der Waals surface area contributed by atoms with Crippen LogP contribution in [-0.4, -0.2) is 34.8 Å². The fraction of sp³-hybridized carbons (Fsp3) is 0.455. The van der Waals surface area contributed by atoms with Crippen LogP contribution in [0.1, 0.15) is 11.1 Å². The number of rotatable bonds is 3. The summed E-state index contributed by atoms with van der Waals surface area (Å²) in [5.74, 6) is 0. The lowest BCUT2D eigenvalue weighted by atomic mass is 10.2. The lowest BCUT2D eigenvalue weighted by Gasteiger charge is -2.26. The topological polar surface area (TPSA) is 28.2 Å². The number of nitrogens with zero attached hydrogens (tertiary/aromatic N) is 2. The lowest BCUT2D eigenvalue weighted by Crippen LogP contribution is -2.42. The molecule has 0 aliphatic heterocycles. The molecule has 1 aromatic heterocycles. The van der Waals surface area contributed by atoms with Gasteiger partial charge in [-0.3, -0.25) is 0 Å². The van der Waals surface area contributed by atoms with Crippen LogP contribution in [0.4, 0.5) is 13.2 Å². The maximum Gasteiger partial charge on any atom is 0.406 e. The minimum Gasteiger partial charge on any atom is -0.366 e. The zero-order chi connectivity index (χ0) is 14.6. The first kappa shape index (κ1) is 16.0. The minimum absolute atomic E-state index is 0.0180. The van der Waals surface area contributed by atoms with E-state index in [2.05, 4.69) is 10.3 Å². The van der Waals surface area contributed by atoms with Gasteiger partial charge in [-0.2, -0.15) is 13.2 Å². The first-order valence-electron chi connectivity index (χ1n) is 5.37. The summed E-state index contributed by atoms with van der Waals surface area (Å²) in [7, 11) is 1.48. The van der Waals surface area contributed by atoms with E-state index in [0.717, 1.165) is 4.90 Å². The third-order valence-corrected chi connectivity index (χ3v) is 3.17. The summed E-state index contributed by atoms with van der Waals surface area (Å²) in [4.78, 5) is 4.93. The van der Waals surface area contributed by atoms with Gasteiger partial charge in [0.2, 0.25) is 0 Å². The second-order valence-electron chi connectivity index (χ2n) is 3.98. The highest BCUT2D eigenvalue weighted by Gasteiger charge is 2.31. The predicted molar refractivity (Wildman–Crippen MR) is 72.1 cm³/mol. The molecule has 106 valence electrons. The average molecular weight is 312 g/mol. The molecule has 0 radical (unpaired) electrons. The number of aromatic nitrogens is 1. The second kappa shape index (κ2) is 6.38. The van der Waals surface area contributed by atoms with Crippen LogP contribution in [0, 0.1) is 6.92 Å². The molecule has 1 heterocycles. The van der Waals surface area contributed by atoms with E-state index in [1.54, 1.807) is 13.0 Å². The van der Waals surface area contributed by atoms with Crippen molar-refractivity contribution >= 4 is 28.9 Å². The van der Waals surface area contributed by atoms with Gasteiger partial charge in [0, 0.05) is 19.8 Å². The van der Waals surface area contributed by atoms with E-state index in [1.807, 2.05) is 0 Å². The zero-order valence-corrected chi connectivity index (χ0v) is 12.0. The Hall–Kier alpha value is -1.08. The zero-order valence-electron chi connectivity index (χ0n) is 10.4. The SMILES string of the molecule is CNC(=S)N(Cc1cnc(Cl)c(C)c1)CC(F)(F)F. The number of aryl methyl sites for hydroxylation is 1. The molecule has 0 saturated carbocycles. The molecule has 1 aromatic rings. The van der Waals surface area contributed by atoms with E-state index in [1.165, 1.54) is 13.2 Å². The molecule has 19 heavy (non-hydrogen) atoms. The molecule has 8 heteroatoms. The van der Waals surface area contributed by atoms with Crippen LogP contribution in [0.15, 0.2) is 12.3 Å². The van der Waals surface area contributed by atoms with Gasteiger partial charge in [-0.1, -0.05) is 11.6 Å². The molecule has 0 saturated heterocycles. The Morgan fingerprint density at radius 2 is 2.16 bits per heavy atom. The maximum atomic E-state index is 12.5. The van der Waals surface area contributed by atoms with E-state index in [9.17, 15) is 13.2 Å². The van der Waals surface area contributed by atoms with Crippen LogP contribution in [0.5, 0.6) is 0 Å². The van der Waals surface area contributed by atoms with Crippen molar-refractivity contribution in [2.24, 2.45) is 0 Å². The van der Waals surface area contributed by atoms with Crippen molar-refractivity contribution in [3.63, 3.8) is 0 Å². The van der Waals surface area contributed by atoms with Gasteiger partial charge < -0.3 is 10.2 Å². The normalized spacial score (nSPS) is 11.3. The van der Waals surface area contributed by atoms with E-state index < -0.39 is 12.7 Å². The molecule has 0 fully saturated rings. The Kier molecular flexibility index (Phi) is 5.37. The summed E-state index contributed by atoms with van der Waals surface area (Å²) >= 11 is 10.6. The molecule has 0 spiro atoms. The van der Waals surface area contributed by atoms with Crippen molar-refractivity contribution in [2.75, 3.05) is 13.6 Å². The van der Waals surface area contributed by atoms with Gasteiger partial charge in [-0.05, 0) is 36.3 Å². The minimum atomic E-state index is -4.32. The molecular weight excluding hydrogens is 299 g/mol. The Morgan fingerprint density at radius 3 is 2.63 bits per heavy atom. The van der Waals surface area contributed by atoms with Crippen LogP contribution in [0.3, 0.4) is 0 Å². The Balaban J connectivity index is 2.87. The van der Waals surface area contributed by atoms with Crippen LogP contribution < -0.4 is 5.32 Å². The van der Waals surface area contributed by atoms with E-state index in [-0.39, 0.29) is 11.7 Å². The highest BCUT2D eigenvalue weighted by atomic mass is 35.5. The molecule has 0 aliphatic rings. The number of hydrogen-bond donors (Lipinski definition) is 1. The Morgan fingerprint density at radius 1 is 1.53 bits per heavy atom. The van der Waals surface area contributed by atoms with E-state index in [4.69, 9.17) is 23.8 Å². The van der Waals surface area contributed by atoms with Gasteiger partial charge in [0.05, 0.1) is 0 Å². The van der Waals surface area contributed by atoms with Gasteiger partial charge >= 0.3 is 6.18 Å². The molecule has 0 bridgehead atoms. The third kappa shape index (κ3) is 5.20. The predicted octanol–water partition coefficient (Wildman–Crippen LogP) is 2.91. The number of hydrogen-bond acceptors (Lipinski definition) is 2. The molecule has 1 rings (SSSR count). The third-order valence-electron chi connectivity index (χ3n) is 2.32. The van der Waals surface area contributed by atoms with E-state index >= 15 is 0 Å². The molecule has 0 amide bonds. The highest BCUT2D eigenvalue weighted by molar-refractivity contribution is 7.80. The summed E-state index contributed by atoms with van der Waals surface area (Å²) < 4.78 is 37.4. The first-order valence-corrected chi connectivity index (χ1v) is 6.16. The fourth-order valence-electron chi connectivity index (χ4n) is 1.50. The summed E-state index contributed by atoms with van der Waals surface area (Å²) in [6.07, 6.45) is -2.88. The van der Waals surface area contributed by atoms with Crippen LogP contribution in [0.2, 0.25) is 5.15 Å². The smallest absolute Gasteiger partial charge is 0.366 e. The second-order valence-corrected chi connectivity index (χ2v) is 4.72. The summed E-state index contributed by atoms with van der Waals surface area (Å²) in [5.41, 5.74) is 1.32. The molecule has 0 aromatic carbocycles. The summed E-state index contributed by atoms with van der Waals surface area (Å²) in [5, 5.41) is 2.91. The van der Waals surface area contributed by atoms with Crippen molar-refractivity contribution in [3.8, 4) is 0 Å². The van der Waals surface area contributed by atoms with Crippen molar-refractivity contribution in [3.05, 3.63) is 28.5 Å². The van der Waals surface area contributed by atoms with Crippen molar-refractivity contribution < 1.29 is 13.2 Å². The largest absolute Gasteiger partial charge is 0.406 e. The molecular formula is C11H13ClF3N3S. The first-order chi connectivity index (χ1) is 8.73. The highest BCUT2D eigenvalue weighted by Crippen LogP contribution is 2.19. The molecule has 3 nitrogen and oxygen atoms in total. The molecule has 0 unspecified atom stereocenters. The van der Waals surface area contributed by atoms with Crippen molar-refractivity contribution in [1.82, 2.24) is 15.2 Å². The van der Waals surface area contributed by atoms with Crippen LogP contribution >= 0.6 is 23.8 Å². The monoisotopic (exact) mass is 311 g/mol. The summed E-state index contributed by atoms with van der Waals surface area (Å²) in [6, 6.07) is 1.69. The van der Waals surface area contributed by atoms with Gasteiger partial charge in [-0.15, -0.1) is 0 Å².